The van der Waals surface area contributed by atoms with Gasteiger partial charge in [-0.05, 0) is 39.8 Å². The van der Waals surface area contributed by atoms with Crippen LogP contribution < -0.4 is 5.32 Å². The monoisotopic (exact) mass is 339 g/mol. The number of H-pyrrole nitrogens is 1. The number of aliphatic hydroxyl groups is 1. The van der Waals surface area contributed by atoms with E-state index in [1.165, 1.54) is 0 Å². The van der Waals surface area contributed by atoms with Crippen LogP contribution in [0.15, 0.2) is 30.7 Å². The van der Waals surface area contributed by atoms with Crippen LogP contribution >= 0.6 is 0 Å². The zero-order valence-electron chi connectivity index (χ0n) is 14.7. The molecule has 1 amide bonds. The first-order valence-electron chi connectivity index (χ1n) is 8.06. The number of aromatic nitrogens is 4. The second-order valence-electron chi connectivity index (χ2n) is 6.69. The van der Waals surface area contributed by atoms with Crippen LogP contribution in [-0.4, -0.2) is 42.6 Å². The quantitative estimate of drug-likeness (QED) is 0.676. The molecule has 1 atom stereocenters. The molecule has 0 spiro atoms. The Balaban J connectivity index is 1.97. The third kappa shape index (κ3) is 3.51. The zero-order chi connectivity index (χ0) is 18.2. The van der Waals surface area contributed by atoms with Crippen LogP contribution in [0.4, 0.5) is 0 Å². The molecule has 130 valence electrons. The summed E-state index contributed by atoms with van der Waals surface area (Å²) in [6, 6.07) is 3.36. The Labute approximate surface area is 145 Å². The molecule has 0 saturated carbocycles. The molecule has 3 heterocycles. The van der Waals surface area contributed by atoms with Gasteiger partial charge >= 0.3 is 0 Å². The van der Waals surface area contributed by atoms with Crippen molar-refractivity contribution >= 4 is 17.1 Å². The number of aryl methyl sites for hydroxylation is 1. The Morgan fingerprint density at radius 1 is 1.36 bits per heavy atom. The lowest BCUT2D eigenvalue weighted by Gasteiger charge is -2.26. The van der Waals surface area contributed by atoms with Crippen molar-refractivity contribution in [2.75, 3.05) is 0 Å². The average Bonchev–Trinajstić information content (AvgIpc) is 2.97. The van der Waals surface area contributed by atoms with Crippen LogP contribution in [0.5, 0.6) is 0 Å². The number of amides is 1. The highest BCUT2D eigenvalue weighted by Gasteiger charge is 2.25. The Kier molecular flexibility index (Phi) is 4.26. The standard InChI is InChI=1S/C18H21N5O2/c1-10-7-12(5-6-19-10)14-9-21-16-15(23-14)13(8-20-16)17(24)22-11(2)18(3,4)25/h5-9,11,25H,1-4H3,(H,20,21)(H,22,24). The van der Waals surface area contributed by atoms with Crippen molar-refractivity contribution in [3.05, 3.63) is 42.0 Å². The number of hydrogen-bond acceptors (Lipinski definition) is 5. The second kappa shape index (κ2) is 6.25. The van der Waals surface area contributed by atoms with Crippen molar-refractivity contribution < 1.29 is 9.90 Å². The first-order chi connectivity index (χ1) is 11.8. The number of carbonyl (C=O) groups is 1. The fourth-order valence-corrected chi connectivity index (χ4v) is 2.36. The second-order valence-corrected chi connectivity index (χ2v) is 6.69. The molecule has 3 aromatic heterocycles. The van der Waals surface area contributed by atoms with E-state index in [4.69, 9.17) is 0 Å². The molecule has 25 heavy (non-hydrogen) atoms. The fraction of sp³-hybridized carbons (Fsp3) is 0.333. The molecule has 0 fully saturated rings. The van der Waals surface area contributed by atoms with Gasteiger partial charge in [0.15, 0.2) is 5.65 Å². The van der Waals surface area contributed by atoms with Crippen LogP contribution in [-0.2, 0) is 0 Å². The Morgan fingerprint density at radius 3 is 2.80 bits per heavy atom. The van der Waals surface area contributed by atoms with Crippen molar-refractivity contribution in [1.82, 2.24) is 25.3 Å². The molecule has 1 unspecified atom stereocenters. The number of hydrogen-bond donors (Lipinski definition) is 3. The molecular weight excluding hydrogens is 318 g/mol. The SMILES string of the molecule is Cc1cc(-c2cnc3[nH]cc(C(=O)NC(C)C(C)(C)O)c3n2)ccn1. The first kappa shape index (κ1) is 17.0. The summed E-state index contributed by atoms with van der Waals surface area (Å²) in [5.41, 5.74) is 2.84. The van der Waals surface area contributed by atoms with Crippen molar-refractivity contribution in [3.63, 3.8) is 0 Å². The maximum Gasteiger partial charge on any atom is 0.255 e. The minimum atomic E-state index is -1.02. The molecular formula is C18H21N5O2. The van der Waals surface area contributed by atoms with E-state index < -0.39 is 11.6 Å². The summed E-state index contributed by atoms with van der Waals surface area (Å²) >= 11 is 0. The van der Waals surface area contributed by atoms with E-state index in [9.17, 15) is 9.90 Å². The summed E-state index contributed by atoms with van der Waals surface area (Å²) in [6.45, 7) is 6.96. The van der Waals surface area contributed by atoms with E-state index in [2.05, 4.69) is 25.3 Å². The third-order valence-corrected chi connectivity index (χ3v) is 4.23. The van der Waals surface area contributed by atoms with Gasteiger partial charge in [-0.15, -0.1) is 0 Å². The number of nitrogens with zero attached hydrogens (tertiary/aromatic N) is 3. The van der Waals surface area contributed by atoms with Gasteiger partial charge in [0.25, 0.3) is 5.91 Å². The third-order valence-electron chi connectivity index (χ3n) is 4.23. The molecule has 0 aliphatic carbocycles. The van der Waals surface area contributed by atoms with E-state index >= 15 is 0 Å². The van der Waals surface area contributed by atoms with E-state index in [1.54, 1.807) is 39.4 Å². The lowest BCUT2D eigenvalue weighted by atomic mass is 10.0. The number of pyridine rings is 1. The lowest BCUT2D eigenvalue weighted by molar-refractivity contribution is 0.0409. The molecule has 0 saturated heterocycles. The highest BCUT2D eigenvalue weighted by atomic mass is 16.3. The van der Waals surface area contributed by atoms with Crippen LogP contribution in [0.3, 0.4) is 0 Å². The molecule has 3 N–H and O–H groups in total. The molecule has 0 radical (unpaired) electrons. The largest absolute Gasteiger partial charge is 0.388 e. The predicted molar refractivity (Wildman–Crippen MR) is 95.1 cm³/mol. The summed E-state index contributed by atoms with van der Waals surface area (Å²) in [6.07, 6.45) is 4.96. The maximum atomic E-state index is 12.6. The minimum Gasteiger partial charge on any atom is -0.388 e. The summed E-state index contributed by atoms with van der Waals surface area (Å²) < 4.78 is 0. The fourth-order valence-electron chi connectivity index (χ4n) is 2.36. The van der Waals surface area contributed by atoms with Crippen molar-refractivity contribution in [1.29, 1.82) is 0 Å². The molecule has 0 aliphatic rings. The number of carbonyl (C=O) groups excluding carboxylic acids is 1. The molecule has 0 aromatic carbocycles. The Bertz CT molecular complexity index is 927. The van der Waals surface area contributed by atoms with Crippen molar-refractivity contribution in [2.45, 2.75) is 39.3 Å². The van der Waals surface area contributed by atoms with Gasteiger partial charge in [0, 0.05) is 23.7 Å². The molecule has 7 nitrogen and oxygen atoms in total. The molecule has 0 bridgehead atoms. The van der Waals surface area contributed by atoms with Gasteiger partial charge in [-0.1, -0.05) is 0 Å². The smallest absolute Gasteiger partial charge is 0.255 e. The summed E-state index contributed by atoms with van der Waals surface area (Å²) in [5.74, 6) is -0.307. The van der Waals surface area contributed by atoms with E-state index in [0.717, 1.165) is 11.3 Å². The molecule has 3 aromatic rings. The van der Waals surface area contributed by atoms with Gasteiger partial charge in [-0.2, -0.15) is 0 Å². The summed E-state index contributed by atoms with van der Waals surface area (Å²) in [7, 11) is 0. The van der Waals surface area contributed by atoms with Crippen molar-refractivity contribution in [2.24, 2.45) is 0 Å². The highest BCUT2D eigenvalue weighted by molar-refractivity contribution is 6.04. The normalized spacial score (nSPS) is 13.0. The molecule has 7 heteroatoms. The Morgan fingerprint density at radius 2 is 2.12 bits per heavy atom. The van der Waals surface area contributed by atoms with E-state index in [0.29, 0.717) is 22.4 Å². The van der Waals surface area contributed by atoms with Crippen LogP contribution in [0, 0.1) is 6.92 Å². The van der Waals surface area contributed by atoms with Gasteiger partial charge in [-0.3, -0.25) is 9.78 Å². The van der Waals surface area contributed by atoms with Crippen molar-refractivity contribution in [3.8, 4) is 11.3 Å². The first-order valence-corrected chi connectivity index (χ1v) is 8.06. The van der Waals surface area contributed by atoms with E-state index in [1.807, 2.05) is 19.1 Å². The summed E-state index contributed by atoms with van der Waals surface area (Å²) in [4.78, 5) is 28.6. The maximum absolute atomic E-state index is 12.6. The van der Waals surface area contributed by atoms with Gasteiger partial charge in [0.2, 0.25) is 0 Å². The van der Waals surface area contributed by atoms with Gasteiger partial charge < -0.3 is 15.4 Å². The minimum absolute atomic E-state index is 0.307. The van der Waals surface area contributed by atoms with E-state index in [-0.39, 0.29) is 5.91 Å². The molecule has 3 rings (SSSR count). The number of nitrogens with one attached hydrogen (secondary N) is 2. The average molecular weight is 339 g/mol. The number of rotatable bonds is 4. The predicted octanol–water partition coefficient (Wildman–Crippen LogP) is 2.22. The highest BCUT2D eigenvalue weighted by Crippen LogP contribution is 2.21. The van der Waals surface area contributed by atoms with Crippen LogP contribution in [0.2, 0.25) is 0 Å². The van der Waals surface area contributed by atoms with Crippen LogP contribution in [0.1, 0.15) is 36.8 Å². The van der Waals surface area contributed by atoms with Gasteiger partial charge in [0.05, 0.1) is 29.1 Å². The molecule has 0 aliphatic heterocycles. The lowest BCUT2D eigenvalue weighted by Crippen LogP contribution is -2.47. The Hall–Kier alpha value is -2.80. The summed E-state index contributed by atoms with van der Waals surface area (Å²) in [5, 5.41) is 12.8. The topological polar surface area (TPSA) is 104 Å². The van der Waals surface area contributed by atoms with Gasteiger partial charge in [0.1, 0.15) is 5.52 Å². The van der Waals surface area contributed by atoms with Gasteiger partial charge in [-0.25, -0.2) is 9.97 Å². The number of fused-ring (bicyclic) bond motifs is 1. The zero-order valence-corrected chi connectivity index (χ0v) is 14.7. The van der Waals surface area contributed by atoms with Crippen LogP contribution in [0.25, 0.3) is 22.4 Å². The number of aromatic amines is 1.